The molecule has 2 aromatic rings. The Kier molecular flexibility index (Phi) is 4.51. The van der Waals surface area contributed by atoms with Gasteiger partial charge < -0.3 is 10.1 Å². The van der Waals surface area contributed by atoms with Gasteiger partial charge in [-0.15, -0.1) is 11.3 Å². The van der Waals surface area contributed by atoms with Crippen molar-refractivity contribution in [3.63, 3.8) is 0 Å². The van der Waals surface area contributed by atoms with Crippen molar-refractivity contribution in [2.24, 2.45) is 0 Å². The summed E-state index contributed by atoms with van der Waals surface area (Å²) in [5.74, 6) is 0.625. The molecule has 1 atom stereocenters. The number of hydrogen-bond donors (Lipinski definition) is 1. The van der Waals surface area contributed by atoms with E-state index in [9.17, 15) is 0 Å². The summed E-state index contributed by atoms with van der Waals surface area (Å²) in [6, 6.07) is 4.61. The third-order valence-electron chi connectivity index (χ3n) is 4.03. The molecule has 0 fully saturated rings. The van der Waals surface area contributed by atoms with Gasteiger partial charge in [0.1, 0.15) is 6.33 Å². The van der Waals surface area contributed by atoms with E-state index < -0.39 is 0 Å². The summed E-state index contributed by atoms with van der Waals surface area (Å²) >= 11 is 1.96. The fourth-order valence-electron chi connectivity index (χ4n) is 2.84. The molecule has 0 saturated heterocycles. The van der Waals surface area contributed by atoms with Gasteiger partial charge in [0, 0.05) is 34.0 Å². The molecule has 0 aliphatic heterocycles. The van der Waals surface area contributed by atoms with Crippen LogP contribution >= 0.6 is 11.3 Å². The standard InChI is InChI=1S/C16H21N3OS/c1-17-13(8-12-9-16(20-2)19-10-18-12)15-7-11-5-3-4-6-14(11)21-15/h7,9-10,13,17H,3-6,8H2,1-2H3. The Morgan fingerprint density at radius 3 is 2.90 bits per heavy atom. The zero-order valence-electron chi connectivity index (χ0n) is 12.6. The minimum Gasteiger partial charge on any atom is -0.481 e. The molecule has 2 heterocycles. The number of hydrogen-bond acceptors (Lipinski definition) is 5. The second kappa shape index (κ2) is 6.54. The number of aryl methyl sites for hydroxylation is 2. The average molecular weight is 303 g/mol. The number of rotatable bonds is 5. The highest BCUT2D eigenvalue weighted by molar-refractivity contribution is 7.12. The number of ether oxygens (including phenoxy) is 1. The molecule has 0 radical (unpaired) electrons. The number of likely N-dealkylation sites (N-methyl/N-ethyl adjacent to an activating group) is 1. The molecular weight excluding hydrogens is 282 g/mol. The molecule has 0 amide bonds. The molecule has 1 unspecified atom stereocenters. The predicted molar refractivity (Wildman–Crippen MR) is 85.0 cm³/mol. The first kappa shape index (κ1) is 14.5. The van der Waals surface area contributed by atoms with Gasteiger partial charge in [-0.2, -0.15) is 0 Å². The van der Waals surface area contributed by atoms with Crippen molar-refractivity contribution in [3.8, 4) is 5.88 Å². The van der Waals surface area contributed by atoms with Gasteiger partial charge in [0.2, 0.25) is 5.88 Å². The predicted octanol–water partition coefficient (Wildman–Crippen LogP) is 2.93. The molecular formula is C16H21N3OS. The Labute approximate surface area is 129 Å². The van der Waals surface area contributed by atoms with Crippen LogP contribution < -0.4 is 10.1 Å². The number of nitrogens with one attached hydrogen (secondary N) is 1. The minimum atomic E-state index is 0.306. The first-order valence-corrected chi connectivity index (χ1v) is 8.25. The molecule has 0 saturated carbocycles. The molecule has 5 heteroatoms. The van der Waals surface area contributed by atoms with Gasteiger partial charge in [-0.1, -0.05) is 0 Å². The van der Waals surface area contributed by atoms with Gasteiger partial charge in [-0.25, -0.2) is 9.97 Å². The number of fused-ring (bicyclic) bond motifs is 1. The van der Waals surface area contributed by atoms with Crippen molar-refractivity contribution >= 4 is 11.3 Å². The minimum absolute atomic E-state index is 0.306. The molecule has 1 aliphatic carbocycles. The van der Waals surface area contributed by atoms with Crippen LogP contribution in [-0.2, 0) is 19.3 Å². The fourth-order valence-corrected chi connectivity index (χ4v) is 4.21. The Hall–Kier alpha value is -1.46. The molecule has 1 N–H and O–H groups in total. The highest BCUT2D eigenvalue weighted by atomic mass is 32.1. The molecule has 4 nitrogen and oxygen atoms in total. The van der Waals surface area contributed by atoms with Gasteiger partial charge in [0.05, 0.1) is 7.11 Å². The molecule has 2 aromatic heterocycles. The molecule has 0 bridgehead atoms. The van der Waals surface area contributed by atoms with Crippen molar-refractivity contribution < 1.29 is 4.74 Å². The first-order chi connectivity index (χ1) is 10.3. The Morgan fingerprint density at radius 2 is 2.14 bits per heavy atom. The second-order valence-electron chi connectivity index (χ2n) is 5.40. The Morgan fingerprint density at radius 1 is 1.29 bits per heavy atom. The largest absolute Gasteiger partial charge is 0.481 e. The van der Waals surface area contributed by atoms with Crippen LogP contribution in [0.15, 0.2) is 18.5 Å². The molecule has 3 rings (SSSR count). The van der Waals surface area contributed by atoms with Gasteiger partial charge in [-0.3, -0.25) is 0 Å². The van der Waals surface area contributed by atoms with E-state index in [-0.39, 0.29) is 0 Å². The van der Waals surface area contributed by atoms with Crippen LogP contribution in [0.2, 0.25) is 0 Å². The van der Waals surface area contributed by atoms with Crippen LogP contribution in [0.25, 0.3) is 0 Å². The van der Waals surface area contributed by atoms with E-state index in [1.165, 1.54) is 30.6 Å². The summed E-state index contributed by atoms with van der Waals surface area (Å²) in [5, 5.41) is 3.42. The third-order valence-corrected chi connectivity index (χ3v) is 5.38. The van der Waals surface area contributed by atoms with Gasteiger partial charge >= 0.3 is 0 Å². The summed E-state index contributed by atoms with van der Waals surface area (Å²) in [6.07, 6.45) is 7.58. The normalized spacial score (nSPS) is 15.5. The van der Waals surface area contributed by atoms with Crippen molar-refractivity contribution in [3.05, 3.63) is 39.5 Å². The van der Waals surface area contributed by atoms with E-state index >= 15 is 0 Å². The summed E-state index contributed by atoms with van der Waals surface area (Å²) in [5.41, 5.74) is 2.56. The van der Waals surface area contributed by atoms with Crippen LogP contribution in [0.3, 0.4) is 0 Å². The van der Waals surface area contributed by atoms with Crippen molar-refractivity contribution in [2.75, 3.05) is 14.2 Å². The Balaban J connectivity index is 1.79. The van der Waals surface area contributed by atoms with E-state index in [0.29, 0.717) is 11.9 Å². The second-order valence-corrected chi connectivity index (χ2v) is 6.57. The van der Waals surface area contributed by atoms with Gasteiger partial charge in [0.25, 0.3) is 0 Å². The van der Waals surface area contributed by atoms with Crippen LogP contribution in [0, 0.1) is 0 Å². The number of aromatic nitrogens is 2. The number of nitrogens with zero attached hydrogens (tertiary/aromatic N) is 2. The summed E-state index contributed by atoms with van der Waals surface area (Å²) in [7, 11) is 3.65. The summed E-state index contributed by atoms with van der Waals surface area (Å²) in [6.45, 7) is 0. The van der Waals surface area contributed by atoms with Gasteiger partial charge in [0.15, 0.2) is 0 Å². The molecule has 0 aromatic carbocycles. The van der Waals surface area contributed by atoms with Crippen LogP contribution in [0.5, 0.6) is 5.88 Å². The lowest BCUT2D eigenvalue weighted by molar-refractivity contribution is 0.395. The quantitative estimate of drug-likeness (QED) is 0.922. The zero-order chi connectivity index (χ0) is 14.7. The van der Waals surface area contributed by atoms with Crippen LogP contribution in [0.1, 0.15) is 39.9 Å². The molecule has 112 valence electrons. The number of methoxy groups -OCH3 is 1. The topological polar surface area (TPSA) is 47.0 Å². The van der Waals surface area contributed by atoms with Crippen LogP contribution in [0.4, 0.5) is 0 Å². The van der Waals surface area contributed by atoms with Crippen molar-refractivity contribution in [1.29, 1.82) is 0 Å². The van der Waals surface area contributed by atoms with Crippen molar-refractivity contribution in [2.45, 2.75) is 38.1 Å². The van der Waals surface area contributed by atoms with E-state index in [1.54, 1.807) is 23.9 Å². The lowest BCUT2D eigenvalue weighted by atomic mass is 9.98. The first-order valence-electron chi connectivity index (χ1n) is 7.44. The fraction of sp³-hybridized carbons (Fsp3) is 0.500. The maximum Gasteiger partial charge on any atom is 0.216 e. The van der Waals surface area contributed by atoms with E-state index in [0.717, 1.165) is 12.1 Å². The highest BCUT2D eigenvalue weighted by Gasteiger charge is 2.19. The molecule has 0 spiro atoms. The van der Waals surface area contributed by atoms with E-state index in [2.05, 4.69) is 21.4 Å². The SMILES string of the molecule is CNC(Cc1cc(OC)ncn1)c1cc2c(s1)CCCC2. The zero-order valence-corrected chi connectivity index (χ0v) is 13.4. The lowest BCUT2D eigenvalue weighted by Gasteiger charge is -2.14. The summed E-state index contributed by atoms with van der Waals surface area (Å²) in [4.78, 5) is 11.4. The maximum absolute atomic E-state index is 5.17. The van der Waals surface area contributed by atoms with Gasteiger partial charge in [-0.05, 0) is 44.4 Å². The molecule has 1 aliphatic rings. The van der Waals surface area contributed by atoms with Crippen LogP contribution in [-0.4, -0.2) is 24.1 Å². The maximum atomic E-state index is 5.17. The molecule has 21 heavy (non-hydrogen) atoms. The number of thiophene rings is 1. The average Bonchev–Trinajstić information content (AvgIpc) is 2.96. The summed E-state index contributed by atoms with van der Waals surface area (Å²) < 4.78 is 5.17. The lowest BCUT2D eigenvalue weighted by Crippen LogP contribution is -2.18. The highest BCUT2D eigenvalue weighted by Crippen LogP contribution is 2.33. The smallest absolute Gasteiger partial charge is 0.216 e. The van der Waals surface area contributed by atoms with E-state index in [4.69, 9.17) is 4.74 Å². The van der Waals surface area contributed by atoms with Crippen molar-refractivity contribution in [1.82, 2.24) is 15.3 Å². The third kappa shape index (κ3) is 3.24. The van der Waals surface area contributed by atoms with E-state index in [1.807, 2.05) is 24.5 Å². The monoisotopic (exact) mass is 303 g/mol. The Bertz CT molecular complexity index is 588.